The topological polar surface area (TPSA) is 97.3 Å². The lowest BCUT2D eigenvalue weighted by molar-refractivity contribution is -0.0124. The molecule has 0 radical (unpaired) electrons. The van der Waals surface area contributed by atoms with Crippen LogP contribution in [-0.4, -0.2) is 51.1 Å². The van der Waals surface area contributed by atoms with Crippen molar-refractivity contribution < 1.29 is 9.53 Å². The molecule has 3 heterocycles. The van der Waals surface area contributed by atoms with Gasteiger partial charge in [-0.2, -0.15) is 0 Å². The zero-order chi connectivity index (χ0) is 16.8. The Morgan fingerprint density at radius 1 is 1.38 bits per heavy atom. The highest BCUT2D eigenvalue weighted by Gasteiger charge is 2.28. The Morgan fingerprint density at radius 3 is 2.88 bits per heavy atom. The van der Waals surface area contributed by atoms with Crippen LogP contribution >= 0.6 is 0 Å². The van der Waals surface area contributed by atoms with Crippen LogP contribution < -0.4 is 11.2 Å². The smallest absolute Gasteiger partial charge is 0.330 e. The molecular formula is C16H18N4O4. The van der Waals surface area contributed by atoms with E-state index in [9.17, 15) is 14.4 Å². The summed E-state index contributed by atoms with van der Waals surface area (Å²) in [5.74, 6) is -0.178. The molecule has 1 saturated carbocycles. The lowest BCUT2D eigenvalue weighted by Crippen LogP contribution is -2.44. The van der Waals surface area contributed by atoms with Crippen molar-refractivity contribution in [3.05, 3.63) is 38.7 Å². The van der Waals surface area contributed by atoms with Gasteiger partial charge in [-0.3, -0.25) is 19.1 Å². The van der Waals surface area contributed by atoms with Gasteiger partial charge in [-0.1, -0.05) is 0 Å². The fourth-order valence-electron chi connectivity index (χ4n) is 3.11. The van der Waals surface area contributed by atoms with E-state index in [0.29, 0.717) is 30.9 Å². The number of nitrogens with zero attached hydrogens (tertiary/aromatic N) is 3. The lowest BCUT2D eigenvalue weighted by Gasteiger charge is -2.31. The second kappa shape index (κ2) is 5.55. The Bertz CT molecular complexity index is 928. The maximum absolute atomic E-state index is 12.6. The van der Waals surface area contributed by atoms with Crippen LogP contribution in [0.1, 0.15) is 36.2 Å². The molecule has 1 saturated heterocycles. The molecular weight excluding hydrogens is 312 g/mol. The van der Waals surface area contributed by atoms with E-state index in [1.807, 2.05) is 6.92 Å². The van der Waals surface area contributed by atoms with E-state index in [2.05, 4.69) is 9.97 Å². The third kappa shape index (κ3) is 2.52. The van der Waals surface area contributed by atoms with Crippen molar-refractivity contribution in [3.8, 4) is 0 Å². The first-order valence-electron chi connectivity index (χ1n) is 8.10. The number of carbonyl (C=O) groups is 1. The SMILES string of the molecule is C[C@H]1CN(C(=O)c2cnc3c(c2)c(=O)[nH]c(=O)n3C2CC2)CCO1. The van der Waals surface area contributed by atoms with Crippen LogP contribution in [-0.2, 0) is 4.74 Å². The second-order valence-electron chi connectivity index (χ2n) is 6.39. The molecule has 0 spiro atoms. The third-order valence-corrected chi connectivity index (χ3v) is 4.47. The minimum atomic E-state index is -0.510. The van der Waals surface area contributed by atoms with Gasteiger partial charge in [0, 0.05) is 25.3 Å². The number of nitrogens with one attached hydrogen (secondary N) is 1. The summed E-state index contributed by atoms with van der Waals surface area (Å²) in [6, 6.07) is 1.62. The van der Waals surface area contributed by atoms with Crippen molar-refractivity contribution in [2.24, 2.45) is 0 Å². The van der Waals surface area contributed by atoms with E-state index < -0.39 is 11.2 Å². The molecule has 0 aromatic carbocycles. The fraction of sp³-hybridized carbons (Fsp3) is 0.500. The molecule has 1 aliphatic heterocycles. The first kappa shape index (κ1) is 15.1. The monoisotopic (exact) mass is 330 g/mol. The summed E-state index contributed by atoms with van der Waals surface area (Å²) in [5.41, 5.74) is -0.255. The summed E-state index contributed by atoms with van der Waals surface area (Å²) in [6.45, 7) is 3.43. The van der Waals surface area contributed by atoms with Gasteiger partial charge >= 0.3 is 5.69 Å². The Morgan fingerprint density at radius 2 is 2.17 bits per heavy atom. The van der Waals surface area contributed by atoms with Gasteiger partial charge in [0.2, 0.25) is 0 Å². The Balaban J connectivity index is 1.77. The van der Waals surface area contributed by atoms with Crippen molar-refractivity contribution in [1.82, 2.24) is 19.4 Å². The van der Waals surface area contributed by atoms with Gasteiger partial charge in [0.05, 0.1) is 23.7 Å². The van der Waals surface area contributed by atoms with Gasteiger partial charge in [0.1, 0.15) is 5.65 Å². The number of aromatic nitrogens is 3. The molecule has 126 valence electrons. The maximum atomic E-state index is 12.6. The number of pyridine rings is 1. The van der Waals surface area contributed by atoms with Crippen molar-refractivity contribution in [2.45, 2.75) is 31.9 Å². The second-order valence-corrected chi connectivity index (χ2v) is 6.39. The predicted octanol–water partition coefficient (Wildman–Crippen LogP) is 0.281. The molecule has 4 rings (SSSR count). The number of hydrogen-bond acceptors (Lipinski definition) is 5. The van der Waals surface area contributed by atoms with Crippen molar-refractivity contribution in [2.75, 3.05) is 19.7 Å². The van der Waals surface area contributed by atoms with Crippen LogP contribution in [0.2, 0.25) is 0 Å². The molecule has 24 heavy (non-hydrogen) atoms. The molecule has 1 aliphatic carbocycles. The Hall–Kier alpha value is -2.48. The molecule has 1 N–H and O–H groups in total. The number of amides is 1. The number of ether oxygens (including phenoxy) is 1. The van der Waals surface area contributed by atoms with Gasteiger partial charge in [0.15, 0.2) is 0 Å². The van der Waals surface area contributed by atoms with Crippen molar-refractivity contribution in [3.63, 3.8) is 0 Å². The zero-order valence-corrected chi connectivity index (χ0v) is 13.3. The van der Waals surface area contributed by atoms with Crippen molar-refractivity contribution in [1.29, 1.82) is 0 Å². The number of carbonyl (C=O) groups excluding carboxylic acids is 1. The standard InChI is InChI=1S/C16H18N4O4/c1-9-8-19(4-5-24-9)15(22)10-6-12-13(17-7-10)20(11-2-3-11)16(23)18-14(12)21/h6-7,9,11H,2-5,8H2,1H3,(H,18,21,23)/t9-/m0/s1. The van der Waals surface area contributed by atoms with Crippen molar-refractivity contribution >= 4 is 16.9 Å². The van der Waals surface area contributed by atoms with Crippen LogP contribution in [0.4, 0.5) is 0 Å². The van der Waals surface area contributed by atoms with Crippen LogP contribution in [0, 0.1) is 0 Å². The molecule has 1 atom stereocenters. The number of hydrogen-bond donors (Lipinski definition) is 1. The first-order chi connectivity index (χ1) is 11.5. The third-order valence-electron chi connectivity index (χ3n) is 4.47. The molecule has 1 amide bonds. The minimum absolute atomic E-state index is 0.0143. The van der Waals surface area contributed by atoms with Gasteiger partial charge < -0.3 is 9.64 Å². The molecule has 0 bridgehead atoms. The highest BCUT2D eigenvalue weighted by molar-refractivity contribution is 5.96. The number of aromatic amines is 1. The van der Waals surface area contributed by atoms with E-state index in [1.165, 1.54) is 16.8 Å². The molecule has 8 heteroatoms. The van der Waals surface area contributed by atoms with E-state index >= 15 is 0 Å². The summed E-state index contributed by atoms with van der Waals surface area (Å²) in [4.78, 5) is 45.1. The summed E-state index contributed by atoms with van der Waals surface area (Å²) in [6.07, 6.45) is 3.23. The summed E-state index contributed by atoms with van der Waals surface area (Å²) in [7, 11) is 0. The normalized spacial score (nSPS) is 21.2. The minimum Gasteiger partial charge on any atom is -0.375 e. The highest BCUT2D eigenvalue weighted by atomic mass is 16.5. The van der Waals surface area contributed by atoms with E-state index in [4.69, 9.17) is 4.74 Å². The van der Waals surface area contributed by atoms with Crippen LogP contribution in [0.15, 0.2) is 21.9 Å². The Kier molecular flexibility index (Phi) is 3.49. The van der Waals surface area contributed by atoms with Crippen LogP contribution in [0.3, 0.4) is 0 Å². The van der Waals surface area contributed by atoms with E-state index in [0.717, 1.165) is 12.8 Å². The average molecular weight is 330 g/mol. The maximum Gasteiger partial charge on any atom is 0.330 e. The van der Waals surface area contributed by atoms with Crippen LogP contribution in [0.5, 0.6) is 0 Å². The number of fused-ring (bicyclic) bond motifs is 1. The summed E-state index contributed by atoms with van der Waals surface area (Å²) >= 11 is 0. The predicted molar refractivity (Wildman–Crippen MR) is 86.2 cm³/mol. The van der Waals surface area contributed by atoms with E-state index in [-0.39, 0.29) is 23.4 Å². The summed E-state index contributed by atoms with van der Waals surface area (Å²) < 4.78 is 6.96. The molecule has 0 unspecified atom stereocenters. The van der Waals surface area contributed by atoms with Crippen LogP contribution in [0.25, 0.3) is 11.0 Å². The highest BCUT2D eigenvalue weighted by Crippen LogP contribution is 2.34. The Labute approximate surface area is 137 Å². The fourth-order valence-corrected chi connectivity index (χ4v) is 3.11. The average Bonchev–Trinajstić information content (AvgIpc) is 3.39. The lowest BCUT2D eigenvalue weighted by atomic mass is 10.2. The molecule has 2 aromatic heterocycles. The molecule has 2 aromatic rings. The molecule has 2 aliphatic rings. The molecule has 2 fully saturated rings. The van der Waals surface area contributed by atoms with E-state index in [1.54, 1.807) is 4.90 Å². The first-order valence-corrected chi connectivity index (χ1v) is 8.10. The summed E-state index contributed by atoms with van der Waals surface area (Å²) in [5, 5.41) is 0.272. The largest absolute Gasteiger partial charge is 0.375 e. The number of rotatable bonds is 2. The zero-order valence-electron chi connectivity index (χ0n) is 13.3. The number of morpholine rings is 1. The molecule has 8 nitrogen and oxygen atoms in total. The number of H-pyrrole nitrogens is 1. The van der Waals surface area contributed by atoms with Gasteiger partial charge in [-0.15, -0.1) is 0 Å². The van der Waals surface area contributed by atoms with Gasteiger partial charge in [0.25, 0.3) is 11.5 Å². The van der Waals surface area contributed by atoms with Gasteiger partial charge in [-0.05, 0) is 25.8 Å². The van der Waals surface area contributed by atoms with Gasteiger partial charge in [-0.25, -0.2) is 9.78 Å². The quantitative estimate of drug-likeness (QED) is 0.853.